The molecular weight excluding hydrogens is 347 g/mol. The van der Waals surface area contributed by atoms with Gasteiger partial charge in [-0.15, -0.1) is 0 Å². The predicted molar refractivity (Wildman–Crippen MR) is 114 cm³/mol. The minimum absolute atomic E-state index is 0.414. The smallest absolute Gasteiger partial charge is 0.429 e. The summed E-state index contributed by atoms with van der Waals surface area (Å²) in [4.78, 5) is 16.0. The molecule has 0 aliphatic heterocycles. The van der Waals surface area contributed by atoms with Crippen molar-refractivity contribution in [3.8, 4) is 0 Å². The molecule has 4 nitrogen and oxygen atoms in total. The van der Waals surface area contributed by atoms with Gasteiger partial charge in [0.2, 0.25) is 0 Å². The number of fused-ring (bicyclic) bond motifs is 1. The Labute approximate surface area is 164 Å². The van der Waals surface area contributed by atoms with Crippen LogP contribution in [0.1, 0.15) is 5.56 Å². The molecular formula is C23H21BN2O2. The first-order valence-electron chi connectivity index (χ1n) is 9.33. The summed E-state index contributed by atoms with van der Waals surface area (Å²) >= 11 is 0. The molecule has 0 unspecified atom stereocenters. The quantitative estimate of drug-likeness (QED) is 0.514. The van der Waals surface area contributed by atoms with E-state index >= 15 is 0 Å². The van der Waals surface area contributed by atoms with E-state index in [2.05, 4.69) is 4.98 Å². The molecule has 1 aromatic heterocycles. The van der Waals surface area contributed by atoms with Crippen molar-refractivity contribution in [2.75, 3.05) is 0 Å². The molecule has 0 saturated carbocycles. The van der Waals surface area contributed by atoms with Gasteiger partial charge in [0.1, 0.15) is 6.04 Å². The maximum Gasteiger partial charge on any atom is 0.429 e. The van der Waals surface area contributed by atoms with Crippen LogP contribution in [0.2, 0.25) is 0 Å². The Morgan fingerprint density at radius 3 is 2.11 bits per heavy atom. The van der Waals surface area contributed by atoms with Gasteiger partial charge in [-0.1, -0.05) is 78.9 Å². The highest BCUT2D eigenvalue weighted by Gasteiger charge is 2.28. The second kappa shape index (κ2) is 8.15. The maximum atomic E-state index is 12.8. The van der Waals surface area contributed by atoms with E-state index in [4.69, 9.17) is 10.4 Å². The van der Waals surface area contributed by atoms with E-state index in [0.717, 1.165) is 27.4 Å². The summed E-state index contributed by atoms with van der Waals surface area (Å²) in [5, 5.41) is 1.08. The Morgan fingerprint density at radius 1 is 0.893 bits per heavy atom. The van der Waals surface area contributed by atoms with E-state index in [1.54, 1.807) is 0 Å². The fourth-order valence-electron chi connectivity index (χ4n) is 3.41. The zero-order chi connectivity index (χ0) is 19.3. The van der Waals surface area contributed by atoms with E-state index in [9.17, 15) is 4.79 Å². The van der Waals surface area contributed by atoms with Crippen molar-refractivity contribution < 1.29 is 9.45 Å². The topological polar surface area (TPSA) is 68.1 Å². The molecule has 3 N–H and O–H groups in total. The lowest BCUT2D eigenvalue weighted by Gasteiger charge is -2.18. The van der Waals surface area contributed by atoms with Gasteiger partial charge < -0.3 is 15.4 Å². The Bertz CT molecular complexity index is 1020. The number of benzene rings is 3. The molecule has 0 aliphatic carbocycles. The van der Waals surface area contributed by atoms with Crippen LogP contribution in [-0.4, -0.2) is 23.9 Å². The number of aromatic amines is 1. The number of H-pyrrole nitrogens is 1. The average molecular weight is 368 g/mol. The molecule has 0 aliphatic rings. The lowest BCUT2D eigenvalue weighted by Crippen LogP contribution is -2.49. The van der Waals surface area contributed by atoms with Crippen LogP contribution in [0.5, 0.6) is 0 Å². The highest BCUT2D eigenvalue weighted by Crippen LogP contribution is 2.19. The number of carbonyl (C=O) groups excluding carboxylic acids is 1. The van der Waals surface area contributed by atoms with Gasteiger partial charge in [-0.2, -0.15) is 0 Å². The van der Waals surface area contributed by atoms with Crippen LogP contribution in [0.4, 0.5) is 0 Å². The maximum absolute atomic E-state index is 12.8. The lowest BCUT2D eigenvalue weighted by molar-refractivity contribution is -0.135. The first-order chi connectivity index (χ1) is 13.7. The van der Waals surface area contributed by atoms with Gasteiger partial charge in [-0.25, -0.2) is 0 Å². The minimum atomic E-state index is -0.742. The monoisotopic (exact) mass is 368 g/mol. The molecule has 0 saturated heterocycles. The number of para-hydroxylation sites is 1. The van der Waals surface area contributed by atoms with Crippen molar-refractivity contribution in [1.29, 1.82) is 0 Å². The van der Waals surface area contributed by atoms with Gasteiger partial charge in [-0.3, -0.25) is 4.79 Å². The van der Waals surface area contributed by atoms with E-state index in [-0.39, 0.29) is 0 Å². The third kappa shape index (κ3) is 3.85. The van der Waals surface area contributed by atoms with Gasteiger partial charge in [-0.05, 0) is 22.6 Å². The van der Waals surface area contributed by atoms with Gasteiger partial charge in [0.15, 0.2) is 0 Å². The largest absolute Gasteiger partial charge is 0.525 e. The number of carbonyl (C=O) groups is 1. The molecule has 28 heavy (non-hydrogen) atoms. The normalized spacial score (nSPS) is 11.9. The zero-order valence-electron chi connectivity index (χ0n) is 15.4. The highest BCUT2D eigenvalue weighted by atomic mass is 16.5. The number of rotatable bonds is 6. The molecule has 0 spiro atoms. The molecule has 0 amide bonds. The zero-order valence-corrected chi connectivity index (χ0v) is 15.4. The molecule has 1 atom stereocenters. The van der Waals surface area contributed by atoms with Crippen molar-refractivity contribution in [2.45, 2.75) is 12.5 Å². The third-order valence-corrected chi connectivity index (χ3v) is 4.86. The van der Waals surface area contributed by atoms with Gasteiger partial charge >= 0.3 is 12.9 Å². The van der Waals surface area contributed by atoms with Crippen LogP contribution in [0, 0.1) is 0 Å². The van der Waals surface area contributed by atoms with Crippen molar-refractivity contribution in [3.63, 3.8) is 0 Å². The molecule has 0 radical (unpaired) electrons. The number of hydrogen-bond acceptors (Lipinski definition) is 3. The summed E-state index contributed by atoms with van der Waals surface area (Å²) in [6.07, 6.45) is 2.32. The van der Waals surface area contributed by atoms with E-state index in [1.807, 2.05) is 91.1 Å². The van der Waals surface area contributed by atoms with Crippen molar-refractivity contribution >= 4 is 34.7 Å². The lowest BCUT2D eigenvalue weighted by atomic mass is 9.55. The van der Waals surface area contributed by atoms with E-state index in [1.165, 1.54) is 0 Å². The molecule has 3 aromatic carbocycles. The van der Waals surface area contributed by atoms with Crippen LogP contribution >= 0.6 is 0 Å². The molecule has 0 fully saturated rings. The van der Waals surface area contributed by atoms with Crippen LogP contribution in [0.25, 0.3) is 10.9 Å². The van der Waals surface area contributed by atoms with Gasteiger partial charge in [0.05, 0.1) is 0 Å². The molecule has 1 heterocycles. The van der Waals surface area contributed by atoms with E-state index in [0.29, 0.717) is 6.42 Å². The Hall–Kier alpha value is -3.31. The molecule has 4 rings (SSSR count). The SMILES string of the molecule is N[C@H](Cc1c[nH]c2ccccc12)C(=O)OB(c1ccccc1)c1ccccc1. The van der Waals surface area contributed by atoms with Gasteiger partial charge in [0, 0.05) is 23.5 Å². The predicted octanol–water partition coefficient (Wildman–Crippen LogP) is 2.39. The molecule has 5 heteroatoms. The number of nitrogens with one attached hydrogen (secondary N) is 1. The third-order valence-electron chi connectivity index (χ3n) is 4.86. The van der Waals surface area contributed by atoms with Crippen molar-refractivity contribution in [1.82, 2.24) is 4.98 Å². The van der Waals surface area contributed by atoms with Crippen LogP contribution in [0.15, 0.2) is 91.1 Å². The molecule has 138 valence electrons. The van der Waals surface area contributed by atoms with Crippen LogP contribution in [0.3, 0.4) is 0 Å². The summed E-state index contributed by atoms with van der Waals surface area (Å²) in [7, 11) is 0. The molecule has 0 bridgehead atoms. The summed E-state index contributed by atoms with van der Waals surface area (Å²) in [5.41, 5.74) is 10.1. The Morgan fingerprint density at radius 2 is 1.46 bits per heavy atom. The second-order valence-electron chi connectivity index (χ2n) is 6.81. The summed E-state index contributed by atoms with van der Waals surface area (Å²) < 4.78 is 5.87. The first kappa shape index (κ1) is 18.1. The summed E-state index contributed by atoms with van der Waals surface area (Å²) in [6.45, 7) is -0.482. The van der Waals surface area contributed by atoms with E-state index < -0.39 is 18.9 Å². The Kier molecular flexibility index (Phi) is 5.26. The first-order valence-corrected chi connectivity index (χ1v) is 9.33. The fraction of sp³-hybridized carbons (Fsp3) is 0.0870. The summed E-state index contributed by atoms with van der Waals surface area (Å²) in [5.74, 6) is -0.414. The number of nitrogens with two attached hydrogens (primary N) is 1. The van der Waals surface area contributed by atoms with Gasteiger partial charge in [0.25, 0.3) is 0 Å². The minimum Gasteiger partial charge on any atom is -0.525 e. The van der Waals surface area contributed by atoms with Crippen molar-refractivity contribution in [2.24, 2.45) is 5.73 Å². The number of hydrogen-bond donors (Lipinski definition) is 2. The van der Waals surface area contributed by atoms with Crippen LogP contribution in [-0.2, 0) is 15.9 Å². The Balaban J connectivity index is 1.54. The fourth-order valence-corrected chi connectivity index (χ4v) is 3.41. The number of aromatic nitrogens is 1. The molecule has 4 aromatic rings. The van der Waals surface area contributed by atoms with Crippen molar-refractivity contribution in [3.05, 3.63) is 96.7 Å². The standard InChI is InChI=1S/C23H21BN2O2/c25-21(15-17-16-26-22-14-8-7-13-20(17)22)23(27)28-24(18-9-3-1-4-10-18)19-11-5-2-6-12-19/h1-14,16,21,26H,15,25H2/t21-/m1/s1. The highest BCUT2D eigenvalue weighted by molar-refractivity contribution is 6.81. The average Bonchev–Trinajstić information content (AvgIpc) is 3.16. The van der Waals surface area contributed by atoms with Crippen LogP contribution < -0.4 is 16.7 Å². The summed E-state index contributed by atoms with van der Waals surface area (Å²) in [6, 6.07) is 26.7. The second-order valence-corrected chi connectivity index (χ2v) is 6.81.